The number of carbonyl (C=O) groups is 2. The number of nitrogens with one attached hydrogen (secondary N) is 2. The maximum Gasteiger partial charge on any atom is 0.408 e. The lowest BCUT2D eigenvalue weighted by Gasteiger charge is -2.22. The molecule has 2 atom stereocenters. The number of aliphatic carboxylic acids is 1. The molecule has 0 fully saturated rings. The average Bonchev–Trinajstić information content (AvgIpc) is 2.74. The summed E-state index contributed by atoms with van der Waals surface area (Å²) >= 11 is 6.43. The fourth-order valence-electron chi connectivity index (χ4n) is 2.97. The number of carboxylic acids is 1. The van der Waals surface area contributed by atoms with E-state index in [2.05, 4.69) is 78.4 Å². The fraction of sp³-hybridized carbons (Fsp3) is 0.417. The molecule has 0 aromatic heterocycles. The molecule has 4 N–H and O–H groups in total. The van der Waals surface area contributed by atoms with Gasteiger partial charge in [0.15, 0.2) is 5.75 Å². The van der Waals surface area contributed by atoms with Crippen LogP contribution in [0.2, 0.25) is 0 Å². The van der Waals surface area contributed by atoms with Crippen LogP contribution in [0.25, 0.3) is 0 Å². The Morgan fingerprint density at radius 2 is 1.69 bits per heavy atom. The largest absolute Gasteiger partial charge is 0.490 e. The lowest BCUT2D eigenvalue weighted by molar-refractivity contribution is -0.139. The standard InChI is InChI=1S/C24H29I3N2O7/c1-24(2,3)36-23(33)29-19(22(31)32)9-13-7-17(26)21(18(27)8-13)35-15-5-6-20(16(25)10-15)34-12-14(30)11-28-4/h5-8,10,14,19,28,30H,9,11-12H2,1-4H3,(H,29,33)(H,31,32). The SMILES string of the molecule is CNCC(O)COc1ccc(Oc2c(I)cc(CC(NC(=O)OC(C)(C)C)C(=O)O)cc2I)cc1I. The molecule has 2 rings (SSSR count). The van der Waals surface area contributed by atoms with Crippen LogP contribution < -0.4 is 20.1 Å². The molecule has 0 aliphatic rings. The third-order valence-electron chi connectivity index (χ3n) is 4.48. The van der Waals surface area contributed by atoms with Gasteiger partial charge in [0.2, 0.25) is 0 Å². The van der Waals surface area contributed by atoms with Gasteiger partial charge >= 0.3 is 12.1 Å². The summed E-state index contributed by atoms with van der Waals surface area (Å²) in [6.45, 7) is 5.75. The Morgan fingerprint density at radius 3 is 2.22 bits per heavy atom. The van der Waals surface area contributed by atoms with E-state index in [4.69, 9.17) is 14.2 Å². The lowest BCUT2D eigenvalue weighted by atomic mass is 10.1. The Balaban J connectivity index is 2.12. The van der Waals surface area contributed by atoms with Crippen LogP contribution in [-0.4, -0.2) is 60.2 Å². The summed E-state index contributed by atoms with van der Waals surface area (Å²) in [6, 6.07) is 7.93. The molecule has 0 saturated carbocycles. The van der Waals surface area contributed by atoms with Gasteiger partial charge in [0.25, 0.3) is 0 Å². The van der Waals surface area contributed by atoms with E-state index in [1.54, 1.807) is 40.0 Å². The summed E-state index contributed by atoms with van der Waals surface area (Å²) < 4.78 is 19.4. The molecule has 0 heterocycles. The number of hydrogen-bond acceptors (Lipinski definition) is 7. The molecule has 1 amide bonds. The number of ether oxygens (including phenoxy) is 3. The van der Waals surface area contributed by atoms with E-state index in [1.807, 2.05) is 18.2 Å². The Hall–Kier alpha value is -1.11. The van der Waals surface area contributed by atoms with Crippen molar-refractivity contribution in [1.82, 2.24) is 10.6 Å². The second-order valence-corrected chi connectivity index (χ2v) is 12.3. The highest BCUT2D eigenvalue weighted by Gasteiger charge is 2.25. The zero-order valence-corrected chi connectivity index (χ0v) is 26.7. The highest BCUT2D eigenvalue weighted by atomic mass is 127. The number of carbonyl (C=O) groups excluding carboxylic acids is 1. The van der Waals surface area contributed by atoms with E-state index in [9.17, 15) is 19.8 Å². The van der Waals surface area contributed by atoms with Gasteiger partial charge in [-0.25, -0.2) is 9.59 Å². The van der Waals surface area contributed by atoms with E-state index in [0.29, 0.717) is 23.8 Å². The third kappa shape index (κ3) is 10.3. The van der Waals surface area contributed by atoms with Crippen molar-refractivity contribution in [1.29, 1.82) is 0 Å². The van der Waals surface area contributed by atoms with Crippen LogP contribution >= 0.6 is 67.8 Å². The van der Waals surface area contributed by atoms with Crippen molar-refractivity contribution < 1.29 is 34.0 Å². The predicted octanol–water partition coefficient (Wildman–Crippen LogP) is 4.77. The molecule has 2 aromatic carbocycles. The van der Waals surface area contributed by atoms with Crippen molar-refractivity contribution in [3.05, 3.63) is 46.6 Å². The molecular formula is C24H29I3N2O7. The number of amides is 1. The Morgan fingerprint density at radius 1 is 1.06 bits per heavy atom. The second kappa shape index (κ2) is 14.2. The lowest BCUT2D eigenvalue weighted by Crippen LogP contribution is -2.44. The van der Waals surface area contributed by atoms with E-state index in [0.717, 1.165) is 16.3 Å². The minimum Gasteiger partial charge on any atom is -0.490 e. The fourth-order valence-corrected chi connectivity index (χ4v) is 5.73. The molecular weight excluding hydrogens is 809 g/mol. The summed E-state index contributed by atoms with van der Waals surface area (Å²) in [4.78, 5) is 23.8. The van der Waals surface area contributed by atoms with Crippen LogP contribution in [0.1, 0.15) is 26.3 Å². The second-order valence-electron chi connectivity index (χ2n) is 8.85. The van der Waals surface area contributed by atoms with Gasteiger partial charge in [0.05, 0.1) is 10.7 Å². The van der Waals surface area contributed by atoms with E-state index in [-0.39, 0.29) is 13.0 Å². The van der Waals surface area contributed by atoms with Crippen LogP contribution in [-0.2, 0) is 16.0 Å². The van der Waals surface area contributed by atoms with E-state index < -0.39 is 29.8 Å². The van der Waals surface area contributed by atoms with Gasteiger partial charge in [0.1, 0.15) is 35.9 Å². The number of carboxylic acid groups (broad SMARTS) is 1. The zero-order valence-electron chi connectivity index (χ0n) is 20.2. The minimum absolute atomic E-state index is 0.0875. The van der Waals surface area contributed by atoms with Gasteiger partial charge in [-0.1, -0.05) is 0 Å². The van der Waals surface area contributed by atoms with Gasteiger partial charge in [-0.05, 0) is 131 Å². The minimum atomic E-state index is -1.15. The van der Waals surface area contributed by atoms with Gasteiger partial charge in [0, 0.05) is 13.0 Å². The van der Waals surface area contributed by atoms with Crippen LogP contribution in [0.4, 0.5) is 4.79 Å². The molecule has 12 heteroatoms. The van der Waals surface area contributed by atoms with Crippen molar-refractivity contribution in [2.45, 2.75) is 44.9 Å². The zero-order chi connectivity index (χ0) is 27.0. The molecule has 0 saturated heterocycles. The van der Waals surface area contributed by atoms with Gasteiger partial charge in [-0.15, -0.1) is 0 Å². The normalized spacial score (nSPS) is 13.0. The van der Waals surface area contributed by atoms with Crippen molar-refractivity contribution in [3.63, 3.8) is 0 Å². The Bertz CT molecular complexity index is 1050. The van der Waals surface area contributed by atoms with Crippen molar-refractivity contribution in [2.24, 2.45) is 0 Å². The van der Waals surface area contributed by atoms with E-state index >= 15 is 0 Å². The molecule has 2 aromatic rings. The first-order chi connectivity index (χ1) is 16.8. The maximum atomic E-state index is 12.1. The molecule has 0 aliphatic heterocycles. The first kappa shape index (κ1) is 31.1. The van der Waals surface area contributed by atoms with Gasteiger partial charge in [-0.3, -0.25) is 0 Å². The first-order valence-corrected chi connectivity index (χ1v) is 14.2. The average molecular weight is 838 g/mol. The van der Waals surface area contributed by atoms with E-state index in [1.165, 1.54) is 0 Å². The predicted molar refractivity (Wildman–Crippen MR) is 161 cm³/mol. The Labute approximate surface area is 251 Å². The number of alkyl carbamates (subject to hydrolysis) is 1. The summed E-state index contributed by atoms with van der Waals surface area (Å²) in [5.74, 6) is 0.749. The summed E-state index contributed by atoms with van der Waals surface area (Å²) in [7, 11) is 1.76. The molecule has 0 bridgehead atoms. The third-order valence-corrected chi connectivity index (χ3v) is 6.93. The number of aliphatic hydroxyl groups excluding tert-OH is 1. The smallest absolute Gasteiger partial charge is 0.408 e. The number of benzene rings is 2. The first-order valence-electron chi connectivity index (χ1n) is 10.9. The van der Waals surface area contributed by atoms with Crippen LogP contribution in [0.3, 0.4) is 0 Å². The summed E-state index contributed by atoms with van der Waals surface area (Å²) in [5.41, 5.74) is 0.00497. The van der Waals surface area contributed by atoms with Crippen LogP contribution in [0.15, 0.2) is 30.3 Å². The van der Waals surface area contributed by atoms with Gasteiger partial charge in [-0.2, -0.15) is 0 Å². The highest BCUT2D eigenvalue weighted by Crippen LogP contribution is 2.35. The molecule has 0 aliphatic carbocycles. The molecule has 0 radical (unpaired) electrons. The summed E-state index contributed by atoms with van der Waals surface area (Å²) in [6.07, 6.45) is -1.30. The number of likely N-dealkylation sites (N-methyl/N-ethyl adjacent to an activating group) is 1. The molecule has 198 valence electrons. The van der Waals surface area contributed by atoms with Gasteiger partial charge < -0.3 is 35.1 Å². The molecule has 36 heavy (non-hydrogen) atoms. The van der Waals surface area contributed by atoms with Crippen LogP contribution in [0.5, 0.6) is 17.2 Å². The Kier molecular flexibility index (Phi) is 12.2. The molecule has 9 nitrogen and oxygen atoms in total. The van der Waals surface area contributed by atoms with Crippen molar-refractivity contribution in [2.75, 3.05) is 20.2 Å². The van der Waals surface area contributed by atoms with Crippen LogP contribution in [0, 0.1) is 10.7 Å². The molecule has 0 spiro atoms. The van der Waals surface area contributed by atoms with Crippen molar-refractivity contribution in [3.8, 4) is 17.2 Å². The topological polar surface area (TPSA) is 126 Å². The number of aliphatic hydroxyl groups is 1. The number of halogens is 3. The molecule has 2 unspecified atom stereocenters. The van der Waals surface area contributed by atoms with Crippen molar-refractivity contribution >= 4 is 79.8 Å². The number of hydrogen-bond donors (Lipinski definition) is 4. The maximum absolute atomic E-state index is 12.1. The quantitative estimate of drug-likeness (QED) is 0.239. The number of rotatable bonds is 11. The highest BCUT2D eigenvalue weighted by molar-refractivity contribution is 14.1. The monoisotopic (exact) mass is 838 g/mol. The summed E-state index contributed by atoms with van der Waals surface area (Å²) in [5, 5.41) is 24.7.